The molecule has 1 unspecified atom stereocenters. The molecule has 3 aromatic rings. The number of ether oxygens (including phenoxy) is 2. The summed E-state index contributed by atoms with van der Waals surface area (Å²) < 4.78 is 13.8. The molecule has 0 saturated heterocycles. The molecule has 1 amide bonds. The number of nitrogens with two attached hydrogens (primary N) is 1. The van der Waals surface area contributed by atoms with Gasteiger partial charge < -0.3 is 30.2 Å². The summed E-state index contributed by atoms with van der Waals surface area (Å²) in [5.74, 6) is 2.03. The fourth-order valence-electron chi connectivity index (χ4n) is 3.98. The van der Waals surface area contributed by atoms with E-state index in [1.165, 1.54) is 18.1 Å². The fraction of sp³-hybridized carbons (Fsp3) is 0.400. The molecule has 1 aliphatic carbocycles. The van der Waals surface area contributed by atoms with Crippen molar-refractivity contribution in [2.24, 2.45) is 5.92 Å². The molecule has 12 heteroatoms. The van der Waals surface area contributed by atoms with Crippen LogP contribution in [0.2, 0.25) is 0 Å². The predicted octanol–water partition coefficient (Wildman–Crippen LogP) is 3.88. The monoisotopic (exact) mass is 520 g/mol. The van der Waals surface area contributed by atoms with Crippen LogP contribution in [0.1, 0.15) is 25.7 Å². The van der Waals surface area contributed by atoms with Crippen molar-refractivity contribution in [2.45, 2.75) is 48.3 Å². The van der Waals surface area contributed by atoms with Crippen LogP contribution in [0, 0.1) is 5.92 Å². The number of carbonyl (C=O) groups is 1. The normalized spacial score (nSPS) is 16.2. The molecule has 4 N–H and O–H groups in total. The molecule has 3 heterocycles. The minimum atomic E-state index is -0.997. The minimum absolute atomic E-state index is 0.118. The maximum absolute atomic E-state index is 11.3. The summed E-state index contributed by atoms with van der Waals surface area (Å²) in [7, 11) is 0. The third-order valence-corrected chi connectivity index (χ3v) is 7.82. The van der Waals surface area contributed by atoms with Gasteiger partial charge in [-0.3, -0.25) is 0 Å². The average molecular weight is 521 g/mol. The van der Waals surface area contributed by atoms with E-state index in [2.05, 4.69) is 31.2 Å². The van der Waals surface area contributed by atoms with Crippen molar-refractivity contribution in [2.75, 3.05) is 12.5 Å². The van der Waals surface area contributed by atoms with Gasteiger partial charge in [0.1, 0.15) is 6.33 Å². The Labute approximate surface area is 196 Å². The van der Waals surface area contributed by atoms with E-state index >= 15 is 0 Å². The Hall–Kier alpha value is -2.73. The van der Waals surface area contributed by atoms with E-state index in [-0.39, 0.29) is 12.8 Å². The van der Waals surface area contributed by atoms with Crippen LogP contribution in [0.3, 0.4) is 0 Å². The van der Waals surface area contributed by atoms with Gasteiger partial charge in [-0.05, 0) is 53.2 Å². The van der Waals surface area contributed by atoms with E-state index in [0.29, 0.717) is 52.5 Å². The molecule has 5 rings (SSSR count). The zero-order valence-electron chi connectivity index (χ0n) is 17.0. The quantitative estimate of drug-likeness (QED) is 0.423. The van der Waals surface area contributed by atoms with Crippen LogP contribution < -0.4 is 20.5 Å². The van der Waals surface area contributed by atoms with Gasteiger partial charge in [0.15, 0.2) is 33.6 Å². The first kappa shape index (κ1) is 21.1. The van der Waals surface area contributed by atoms with E-state index in [1.807, 2.05) is 16.7 Å². The zero-order valence-corrected chi connectivity index (χ0v) is 19.4. The Kier molecular flexibility index (Phi) is 5.72. The number of anilines is 1. The van der Waals surface area contributed by atoms with Crippen molar-refractivity contribution in [1.82, 2.24) is 24.8 Å². The number of nitrogen functional groups attached to an aromatic ring is 1. The smallest absolute Gasteiger partial charge is 0.404 e. The molecule has 1 atom stereocenters. The van der Waals surface area contributed by atoms with Gasteiger partial charge in [-0.25, -0.2) is 19.7 Å². The Balaban J connectivity index is 1.47. The maximum atomic E-state index is 11.3. The Morgan fingerprint density at radius 3 is 2.84 bits per heavy atom. The van der Waals surface area contributed by atoms with Gasteiger partial charge >= 0.3 is 6.09 Å². The van der Waals surface area contributed by atoms with Crippen LogP contribution in [0.25, 0.3) is 11.2 Å². The van der Waals surface area contributed by atoms with Crippen molar-refractivity contribution in [3.8, 4) is 11.5 Å². The number of imidazole rings is 1. The highest BCUT2D eigenvalue weighted by Crippen LogP contribution is 2.43. The van der Waals surface area contributed by atoms with Gasteiger partial charge in [0, 0.05) is 22.0 Å². The van der Waals surface area contributed by atoms with Crippen LogP contribution in [0.15, 0.2) is 33.0 Å². The molecule has 0 bridgehead atoms. The van der Waals surface area contributed by atoms with Crippen LogP contribution in [-0.2, 0) is 6.54 Å². The number of carboxylic acid groups (broad SMARTS) is 1. The summed E-state index contributed by atoms with van der Waals surface area (Å²) in [5, 5.41) is 12.7. The summed E-state index contributed by atoms with van der Waals surface area (Å²) in [6.45, 7) is 0.735. The molecule has 1 aliphatic heterocycles. The summed E-state index contributed by atoms with van der Waals surface area (Å²) >= 11 is 5.04. The number of amides is 1. The van der Waals surface area contributed by atoms with E-state index < -0.39 is 6.09 Å². The van der Waals surface area contributed by atoms with Gasteiger partial charge in [0.05, 0.1) is 0 Å². The molecule has 2 aromatic heterocycles. The van der Waals surface area contributed by atoms with E-state index in [9.17, 15) is 9.90 Å². The Morgan fingerprint density at radius 2 is 2.12 bits per heavy atom. The number of hydrogen-bond donors (Lipinski definition) is 3. The lowest BCUT2D eigenvalue weighted by Gasteiger charge is -2.33. The number of rotatable bonds is 7. The van der Waals surface area contributed by atoms with Crippen LogP contribution >= 0.6 is 27.7 Å². The number of hydrogen-bond acceptors (Lipinski definition) is 8. The average Bonchev–Trinajstić information content (AvgIpc) is 3.29. The maximum Gasteiger partial charge on any atom is 0.404 e. The van der Waals surface area contributed by atoms with Crippen LogP contribution in [-0.4, -0.2) is 43.6 Å². The van der Waals surface area contributed by atoms with Crippen molar-refractivity contribution in [3.63, 3.8) is 0 Å². The number of halogens is 1. The standard InChI is InChI=1S/C20H21BrN6O4S/c21-11-6-13-14(31-9-30-13)7-15(11)32-19-26-16-17(22)23-8-24-18(16)27(19)5-4-12(25-20(28)29)10-2-1-3-10/h6-8,10,12,25H,1-5,9H2,(H,28,29)(H2,22,23,24). The molecule has 0 radical (unpaired) electrons. The minimum Gasteiger partial charge on any atom is -0.465 e. The predicted molar refractivity (Wildman–Crippen MR) is 121 cm³/mol. The number of benzene rings is 1. The summed E-state index contributed by atoms with van der Waals surface area (Å²) in [4.78, 5) is 25.4. The largest absolute Gasteiger partial charge is 0.465 e. The molecule has 2 aliphatic rings. The van der Waals surface area contributed by atoms with Crippen molar-refractivity contribution in [3.05, 3.63) is 22.9 Å². The number of aromatic nitrogens is 4. The summed E-state index contributed by atoms with van der Waals surface area (Å²) in [5.41, 5.74) is 7.21. The summed E-state index contributed by atoms with van der Waals surface area (Å²) in [6, 6.07) is 3.65. The highest BCUT2D eigenvalue weighted by molar-refractivity contribution is 9.10. The van der Waals surface area contributed by atoms with Gasteiger partial charge in [0.25, 0.3) is 0 Å². The Bertz CT molecular complexity index is 1180. The third kappa shape index (κ3) is 4.04. The summed E-state index contributed by atoms with van der Waals surface area (Å²) in [6.07, 6.45) is 4.26. The van der Waals surface area contributed by atoms with E-state index in [4.69, 9.17) is 20.2 Å². The SMILES string of the molecule is Nc1ncnc2c1nc(Sc1cc3c(cc1Br)OCO3)n2CCC(NC(=O)O)C1CCC1. The van der Waals surface area contributed by atoms with Gasteiger partial charge in [-0.2, -0.15) is 0 Å². The second kappa shape index (κ2) is 8.66. The lowest BCUT2D eigenvalue weighted by atomic mass is 9.78. The molecular weight excluding hydrogens is 500 g/mol. The zero-order chi connectivity index (χ0) is 22.2. The second-order valence-electron chi connectivity index (χ2n) is 7.75. The fourth-order valence-corrected chi connectivity index (χ4v) is 5.49. The molecule has 10 nitrogen and oxygen atoms in total. The first-order valence-electron chi connectivity index (χ1n) is 10.2. The number of fused-ring (bicyclic) bond motifs is 2. The molecule has 0 spiro atoms. The molecule has 168 valence electrons. The first-order chi connectivity index (χ1) is 15.5. The van der Waals surface area contributed by atoms with Gasteiger partial charge in [0.2, 0.25) is 6.79 Å². The van der Waals surface area contributed by atoms with Crippen LogP contribution in [0.4, 0.5) is 10.6 Å². The van der Waals surface area contributed by atoms with E-state index in [1.54, 1.807) is 0 Å². The molecule has 1 saturated carbocycles. The molecule has 1 aromatic carbocycles. The number of aryl methyl sites for hydroxylation is 1. The highest BCUT2D eigenvalue weighted by atomic mass is 79.9. The second-order valence-corrected chi connectivity index (χ2v) is 9.61. The third-order valence-electron chi connectivity index (χ3n) is 5.85. The van der Waals surface area contributed by atoms with Crippen LogP contribution in [0.5, 0.6) is 11.5 Å². The van der Waals surface area contributed by atoms with Crippen molar-refractivity contribution < 1.29 is 19.4 Å². The van der Waals surface area contributed by atoms with Crippen molar-refractivity contribution >= 4 is 50.8 Å². The van der Waals surface area contributed by atoms with Gasteiger partial charge in [-0.1, -0.05) is 18.2 Å². The lowest BCUT2D eigenvalue weighted by Crippen LogP contribution is -2.42. The van der Waals surface area contributed by atoms with Gasteiger partial charge in [-0.15, -0.1) is 0 Å². The molecule has 1 fully saturated rings. The first-order valence-corrected chi connectivity index (χ1v) is 11.8. The highest BCUT2D eigenvalue weighted by Gasteiger charge is 2.29. The van der Waals surface area contributed by atoms with Crippen molar-refractivity contribution in [1.29, 1.82) is 0 Å². The topological polar surface area (TPSA) is 137 Å². The molecular formula is C20H21BrN6O4S. The molecule has 32 heavy (non-hydrogen) atoms. The number of nitrogens with zero attached hydrogens (tertiary/aromatic N) is 4. The lowest BCUT2D eigenvalue weighted by molar-refractivity contribution is 0.165. The van der Waals surface area contributed by atoms with E-state index in [0.717, 1.165) is 28.6 Å². The Morgan fingerprint density at radius 1 is 1.34 bits per heavy atom. The number of nitrogens with one attached hydrogen (secondary N) is 1.